The first-order chi connectivity index (χ1) is 8.96. The lowest BCUT2D eigenvalue weighted by molar-refractivity contribution is 0.0631. The number of ether oxygens (including phenoxy) is 1. The molecule has 0 N–H and O–H groups in total. The van der Waals surface area contributed by atoms with Gasteiger partial charge in [-0.25, -0.2) is 4.79 Å². The highest BCUT2D eigenvalue weighted by molar-refractivity contribution is 7.58. The van der Waals surface area contributed by atoms with E-state index in [-0.39, 0.29) is 5.50 Å². The van der Waals surface area contributed by atoms with Crippen LogP contribution in [0.3, 0.4) is 0 Å². The summed E-state index contributed by atoms with van der Waals surface area (Å²) in [6.07, 6.45) is 1.39. The standard InChI is InChI=1S/C13H17O5P/c1-5-12(19(15,16-3)17-4)18-13(14)11-8-6-10(2)7-9-11/h5-9H,1-4H3/b12-5+. The van der Waals surface area contributed by atoms with Gasteiger partial charge in [-0.2, -0.15) is 0 Å². The van der Waals surface area contributed by atoms with Crippen molar-refractivity contribution in [3.05, 3.63) is 47.0 Å². The van der Waals surface area contributed by atoms with Crippen LogP contribution in [0.2, 0.25) is 0 Å². The molecule has 0 aromatic heterocycles. The van der Waals surface area contributed by atoms with E-state index in [2.05, 4.69) is 0 Å². The van der Waals surface area contributed by atoms with Crippen molar-refractivity contribution in [2.75, 3.05) is 14.2 Å². The second-order valence-electron chi connectivity index (χ2n) is 3.75. The Labute approximate surface area is 112 Å². The number of aryl methyl sites for hydroxylation is 1. The average Bonchev–Trinajstić information content (AvgIpc) is 2.44. The molecular formula is C13H17O5P. The van der Waals surface area contributed by atoms with Crippen molar-refractivity contribution in [3.8, 4) is 0 Å². The van der Waals surface area contributed by atoms with Crippen LogP contribution >= 0.6 is 7.60 Å². The van der Waals surface area contributed by atoms with Crippen LogP contribution in [0, 0.1) is 6.92 Å². The molecule has 0 unspecified atom stereocenters. The van der Waals surface area contributed by atoms with Gasteiger partial charge in [0.25, 0.3) is 0 Å². The maximum atomic E-state index is 12.1. The summed E-state index contributed by atoms with van der Waals surface area (Å²) in [5.41, 5.74) is 1.27. The fraction of sp³-hybridized carbons (Fsp3) is 0.308. The average molecular weight is 284 g/mol. The molecule has 1 aromatic rings. The molecule has 6 heteroatoms. The normalized spacial score (nSPS) is 12.3. The van der Waals surface area contributed by atoms with E-state index in [0.29, 0.717) is 5.56 Å². The summed E-state index contributed by atoms with van der Waals surface area (Å²) in [4.78, 5) is 11.9. The Morgan fingerprint density at radius 3 is 2.11 bits per heavy atom. The van der Waals surface area contributed by atoms with Gasteiger partial charge in [0, 0.05) is 14.2 Å². The lowest BCUT2D eigenvalue weighted by Crippen LogP contribution is -2.07. The lowest BCUT2D eigenvalue weighted by atomic mass is 10.1. The first-order valence-corrected chi connectivity index (χ1v) is 7.18. The summed E-state index contributed by atoms with van der Waals surface area (Å²) in [6, 6.07) is 6.85. The molecule has 0 heterocycles. The SMILES string of the molecule is C/C=C(\OC(=O)c1ccc(C)cc1)P(=O)(OC)OC. The minimum absolute atomic E-state index is 0.122. The summed E-state index contributed by atoms with van der Waals surface area (Å²) in [5.74, 6) is -0.609. The fourth-order valence-electron chi connectivity index (χ4n) is 1.37. The van der Waals surface area contributed by atoms with Crippen LogP contribution in [-0.2, 0) is 18.3 Å². The van der Waals surface area contributed by atoms with E-state index in [1.807, 2.05) is 6.92 Å². The number of hydrogen-bond donors (Lipinski definition) is 0. The van der Waals surface area contributed by atoms with Crippen molar-refractivity contribution in [1.29, 1.82) is 0 Å². The molecule has 0 bridgehead atoms. The molecular weight excluding hydrogens is 267 g/mol. The molecule has 5 nitrogen and oxygen atoms in total. The molecule has 0 atom stereocenters. The Kier molecular flexibility index (Phi) is 5.48. The van der Waals surface area contributed by atoms with E-state index in [4.69, 9.17) is 13.8 Å². The largest absolute Gasteiger partial charge is 0.415 e. The van der Waals surface area contributed by atoms with Crippen molar-refractivity contribution in [1.82, 2.24) is 0 Å². The summed E-state index contributed by atoms with van der Waals surface area (Å²) in [5, 5.41) is 0. The molecule has 0 aliphatic carbocycles. The van der Waals surface area contributed by atoms with Gasteiger partial charge in [-0.05, 0) is 32.1 Å². The van der Waals surface area contributed by atoms with Gasteiger partial charge in [-0.1, -0.05) is 17.7 Å². The molecule has 0 fully saturated rings. The Morgan fingerprint density at radius 2 is 1.68 bits per heavy atom. The number of hydrogen-bond acceptors (Lipinski definition) is 5. The Morgan fingerprint density at radius 1 is 1.16 bits per heavy atom. The third kappa shape index (κ3) is 3.77. The van der Waals surface area contributed by atoms with Crippen LogP contribution < -0.4 is 0 Å². The Bertz CT molecular complexity index is 510. The van der Waals surface area contributed by atoms with Crippen LogP contribution in [0.1, 0.15) is 22.8 Å². The molecule has 0 aliphatic heterocycles. The van der Waals surface area contributed by atoms with E-state index in [1.54, 1.807) is 31.2 Å². The minimum atomic E-state index is -3.56. The van der Waals surface area contributed by atoms with Gasteiger partial charge in [0.1, 0.15) is 0 Å². The van der Waals surface area contributed by atoms with Crippen LogP contribution in [0.25, 0.3) is 0 Å². The van der Waals surface area contributed by atoms with Crippen LogP contribution in [0.4, 0.5) is 0 Å². The monoisotopic (exact) mass is 284 g/mol. The van der Waals surface area contributed by atoms with Gasteiger partial charge in [-0.3, -0.25) is 4.57 Å². The van der Waals surface area contributed by atoms with Crippen LogP contribution in [0.15, 0.2) is 35.8 Å². The summed E-state index contributed by atoms with van der Waals surface area (Å²) < 4.78 is 26.8. The second kappa shape index (κ2) is 6.66. The molecule has 1 aromatic carbocycles. The molecule has 19 heavy (non-hydrogen) atoms. The van der Waals surface area contributed by atoms with Crippen molar-refractivity contribution >= 4 is 13.6 Å². The predicted molar refractivity (Wildman–Crippen MR) is 72.0 cm³/mol. The maximum Gasteiger partial charge on any atom is 0.395 e. The van der Waals surface area contributed by atoms with Crippen LogP contribution in [-0.4, -0.2) is 20.2 Å². The van der Waals surface area contributed by atoms with Gasteiger partial charge in [0.2, 0.25) is 5.50 Å². The summed E-state index contributed by atoms with van der Waals surface area (Å²) in [7, 11) is -1.10. The van der Waals surface area contributed by atoms with Crippen molar-refractivity contribution in [3.63, 3.8) is 0 Å². The number of benzene rings is 1. The molecule has 0 amide bonds. The number of allylic oxidation sites excluding steroid dienone is 1. The smallest absolute Gasteiger partial charge is 0.395 e. The van der Waals surface area contributed by atoms with Crippen LogP contribution in [0.5, 0.6) is 0 Å². The topological polar surface area (TPSA) is 61.8 Å². The third-order valence-corrected chi connectivity index (χ3v) is 4.33. The van der Waals surface area contributed by atoms with Gasteiger partial charge >= 0.3 is 13.6 Å². The molecule has 0 saturated carbocycles. The number of esters is 1. The highest BCUT2D eigenvalue weighted by atomic mass is 31.2. The molecule has 0 spiro atoms. The first kappa shape index (κ1) is 15.6. The molecule has 1 rings (SSSR count). The summed E-state index contributed by atoms with van der Waals surface area (Å²) in [6.45, 7) is 3.50. The van der Waals surface area contributed by atoms with Crippen molar-refractivity contribution in [2.24, 2.45) is 0 Å². The van der Waals surface area contributed by atoms with E-state index in [1.165, 1.54) is 20.3 Å². The zero-order valence-electron chi connectivity index (χ0n) is 11.4. The van der Waals surface area contributed by atoms with Gasteiger partial charge in [0.15, 0.2) is 0 Å². The molecule has 0 saturated heterocycles. The lowest BCUT2D eigenvalue weighted by Gasteiger charge is -2.16. The minimum Gasteiger partial charge on any atom is -0.415 e. The van der Waals surface area contributed by atoms with Crippen molar-refractivity contribution in [2.45, 2.75) is 13.8 Å². The first-order valence-electron chi connectivity index (χ1n) is 5.64. The van der Waals surface area contributed by atoms with Gasteiger partial charge in [0.05, 0.1) is 5.56 Å². The predicted octanol–water partition coefficient (Wildman–Crippen LogP) is 3.50. The maximum absolute atomic E-state index is 12.1. The molecule has 104 valence electrons. The van der Waals surface area contributed by atoms with E-state index in [0.717, 1.165) is 5.56 Å². The Balaban J connectivity index is 2.91. The van der Waals surface area contributed by atoms with Crippen molar-refractivity contribution < 1.29 is 23.1 Å². The number of carbonyl (C=O) groups excluding carboxylic acids is 1. The Hall–Kier alpha value is -1.42. The van der Waals surface area contributed by atoms with E-state index < -0.39 is 13.6 Å². The summed E-state index contributed by atoms with van der Waals surface area (Å²) >= 11 is 0. The zero-order chi connectivity index (χ0) is 14.5. The number of carbonyl (C=O) groups is 1. The highest BCUT2D eigenvalue weighted by Gasteiger charge is 2.31. The van der Waals surface area contributed by atoms with Gasteiger partial charge < -0.3 is 13.8 Å². The highest BCUT2D eigenvalue weighted by Crippen LogP contribution is 2.55. The molecule has 0 radical (unpaired) electrons. The van der Waals surface area contributed by atoms with E-state index >= 15 is 0 Å². The van der Waals surface area contributed by atoms with Gasteiger partial charge in [-0.15, -0.1) is 0 Å². The fourth-order valence-corrected chi connectivity index (χ4v) is 2.39. The van der Waals surface area contributed by atoms with E-state index in [9.17, 15) is 9.36 Å². The molecule has 0 aliphatic rings. The zero-order valence-corrected chi connectivity index (χ0v) is 12.3. The number of rotatable bonds is 5. The third-order valence-electron chi connectivity index (χ3n) is 2.48. The second-order valence-corrected chi connectivity index (χ2v) is 5.91. The quantitative estimate of drug-likeness (QED) is 0.470.